The predicted octanol–water partition coefficient (Wildman–Crippen LogP) is 5.29. The Kier molecular flexibility index (Phi) is 10.9. The maximum atomic E-state index is 14.2. The Balaban J connectivity index is 1.35. The van der Waals surface area contributed by atoms with Crippen molar-refractivity contribution in [2.75, 3.05) is 19.7 Å². The highest BCUT2D eigenvalue weighted by Gasteiger charge is 2.51. The summed E-state index contributed by atoms with van der Waals surface area (Å²) in [5.74, 6) is 0.873. The molecule has 8 heteroatoms. The first-order valence-electron chi connectivity index (χ1n) is 15.7. The lowest BCUT2D eigenvalue weighted by Gasteiger charge is -2.46. The molecular weight excluding hydrogens is 491 g/mol. The molecule has 11 atom stereocenters. The van der Waals surface area contributed by atoms with Gasteiger partial charge < -0.3 is 15.9 Å². The van der Waals surface area contributed by atoms with Crippen LogP contribution in [0.5, 0.6) is 0 Å². The molecule has 0 radical (unpaired) electrons. The van der Waals surface area contributed by atoms with Crippen LogP contribution in [0.1, 0.15) is 97.3 Å². The summed E-state index contributed by atoms with van der Waals surface area (Å²) < 4.78 is 42.5. The summed E-state index contributed by atoms with van der Waals surface area (Å²) in [4.78, 5) is 1.96. The first-order chi connectivity index (χ1) is 18.1. The Morgan fingerprint density at radius 2 is 1.76 bits per heavy atom. The first kappa shape index (κ1) is 30.5. The molecule has 4 aliphatic rings. The maximum Gasteiger partial charge on any atom is 0.393 e. The average molecular weight is 546 g/mol. The van der Waals surface area contributed by atoms with Crippen LogP contribution in [-0.2, 0) is 0 Å². The third-order valence-corrected chi connectivity index (χ3v) is 11.0. The van der Waals surface area contributed by atoms with E-state index < -0.39 is 24.4 Å². The van der Waals surface area contributed by atoms with E-state index in [2.05, 4.69) is 19.2 Å². The molecule has 5 N–H and O–H groups in total. The molecule has 222 valence electrons. The fraction of sp³-hybridized carbons (Fsp3) is 1.00. The molecule has 5 nitrogen and oxygen atoms in total. The van der Waals surface area contributed by atoms with E-state index in [-0.39, 0.29) is 36.9 Å². The topological polar surface area (TPSA) is 81.8 Å². The Bertz CT molecular complexity index is 723. The highest BCUT2D eigenvalue weighted by molar-refractivity contribution is 4.97. The van der Waals surface area contributed by atoms with Gasteiger partial charge in [0.25, 0.3) is 0 Å². The van der Waals surface area contributed by atoms with Crippen molar-refractivity contribution in [3.05, 3.63) is 0 Å². The number of aliphatic hydroxyl groups is 2. The van der Waals surface area contributed by atoms with Gasteiger partial charge in [-0.2, -0.15) is 13.2 Å². The van der Waals surface area contributed by atoms with Gasteiger partial charge in [-0.25, -0.2) is 0 Å². The van der Waals surface area contributed by atoms with Crippen LogP contribution >= 0.6 is 0 Å². The zero-order valence-corrected chi connectivity index (χ0v) is 23.7. The average Bonchev–Trinajstić information content (AvgIpc) is 3.38. The van der Waals surface area contributed by atoms with E-state index in [1.54, 1.807) is 0 Å². The van der Waals surface area contributed by atoms with Crippen molar-refractivity contribution >= 4 is 0 Å². The Morgan fingerprint density at radius 3 is 2.45 bits per heavy atom. The molecular formula is C30H54F3N3O2. The molecule has 0 bridgehead atoms. The highest BCUT2D eigenvalue weighted by Crippen LogP contribution is 2.45. The van der Waals surface area contributed by atoms with Crippen LogP contribution in [0.3, 0.4) is 0 Å². The van der Waals surface area contributed by atoms with E-state index in [1.165, 1.54) is 38.5 Å². The highest BCUT2D eigenvalue weighted by atomic mass is 19.4. The van der Waals surface area contributed by atoms with Crippen molar-refractivity contribution in [1.82, 2.24) is 10.2 Å². The van der Waals surface area contributed by atoms with Gasteiger partial charge in [-0.3, -0.25) is 10.2 Å². The van der Waals surface area contributed by atoms with Crippen LogP contribution in [0.15, 0.2) is 0 Å². The summed E-state index contributed by atoms with van der Waals surface area (Å²) in [6.07, 6.45) is 7.12. The second-order valence-corrected chi connectivity index (χ2v) is 13.5. The SMILES string of the molecule is CCCC1CCCCC1C(N)C1CC(C(O)NC2CCC(N3CCC(CO)C3)C(C(F)(F)F)C2)CCC1C. The second-order valence-electron chi connectivity index (χ2n) is 13.5. The summed E-state index contributed by atoms with van der Waals surface area (Å²) in [7, 11) is 0. The van der Waals surface area contributed by atoms with Gasteiger partial charge in [0.2, 0.25) is 0 Å². The van der Waals surface area contributed by atoms with Crippen LogP contribution in [0, 0.1) is 41.4 Å². The van der Waals surface area contributed by atoms with Gasteiger partial charge in [0.1, 0.15) is 6.23 Å². The summed E-state index contributed by atoms with van der Waals surface area (Å²) in [5.41, 5.74) is 6.99. The number of nitrogens with one attached hydrogen (secondary N) is 1. The minimum Gasteiger partial charge on any atom is -0.396 e. The molecule has 0 aromatic carbocycles. The summed E-state index contributed by atoms with van der Waals surface area (Å²) >= 11 is 0. The number of nitrogens with zero attached hydrogens (tertiary/aromatic N) is 1. The number of rotatable bonds is 9. The number of likely N-dealkylation sites (tertiary alicyclic amines) is 1. The van der Waals surface area contributed by atoms with Gasteiger partial charge in [0.05, 0.1) is 5.92 Å². The molecule has 1 aliphatic heterocycles. The fourth-order valence-corrected chi connectivity index (χ4v) is 8.79. The van der Waals surface area contributed by atoms with Gasteiger partial charge in [-0.05, 0) is 93.4 Å². The number of alkyl halides is 3. The van der Waals surface area contributed by atoms with E-state index in [9.17, 15) is 23.4 Å². The Labute approximate surface area is 228 Å². The molecule has 0 amide bonds. The number of aliphatic hydroxyl groups excluding tert-OH is 2. The lowest BCUT2D eigenvalue weighted by molar-refractivity contribution is -0.201. The zero-order chi connectivity index (χ0) is 27.4. The maximum absolute atomic E-state index is 14.2. The Morgan fingerprint density at radius 1 is 1.00 bits per heavy atom. The minimum absolute atomic E-state index is 0.0123. The predicted molar refractivity (Wildman–Crippen MR) is 145 cm³/mol. The third kappa shape index (κ3) is 7.26. The van der Waals surface area contributed by atoms with Crippen LogP contribution in [-0.4, -0.2) is 65.3 Å². The number of hydrogen-bond acceptors (Lipinski definition) is 5. The van der Waals surface area contributed by atoms with Gasteiger partial charge in [0.15, 0.2) is 0 Å². The zero-order valence-electron chi connectivity index (χ0n) is 23.7. The monoisotopic (exact) mass is 545 g/mol. The molecule has 1 heterocycles. The molecule has 0 spiro atoms. The van der Waals surface area contributed by atoms with E-state index in [1.807, 2.05) is 4.90 Å². The van der Waals surface area contributed by atoms with Crippen molar-refractivity contribution in [1.29, 1.82) is 0 Å². The quantitative estimate of drug-likeness (QED) is 0.296. The summed E-state index contributed by atoms with van der Waals surface area (Å²) in [5, 5.41) is 23.9. The molecule has 0 aromatic heterocycles. The van der Waals surface area contributed by atoms with E-state index >= 15 is 0 Å². The van der Waals surface area contributed by atoms with Gasteiger partial charge >= 0.3 is 6.18 Å². The Hall–Kier alpha value is -0.410. The summed E-state index contributed by atoms with van der Waals surface area (Å²) in [6.45, 7) is 5.78. The molecule has 0 aromatic rings. The van der Waals surface area contributed by atoms with Crippen LogP contribution in [0.4, 0.5) is 13.2 Å². The van der Waals surface area contributed by atoms with Crippen molar-refractivity contribution in [2.24, 2.45) is 47.2 Å². The van der Waals surface area contributed by atoms with Gasteiger partial charge in [0, 0.05) is 31.3 Å². The molecule has 3 aliphatic carbocycles. The lowest BCUT2D eigenvalue weighted by atomic mass is 9.64. The van der Waals surface area contributed by atoms with Crippen molar-refractivity contribution in [3.63, 3.8) is 0 Å². The smallest absolute Gasteiger partial charge is 0.393 e. The number of halogens is 3. The fourth-order valence-electron chi connectivity index (χ4n) is 8.79. The molecule has 11 unspecified atom stereocenters. The van der Waals surface area contributed by atoms with E-state index in [4.69, 9.17) is 5.73 Å². The van der Waals surface area contributed by atoms with E-state index in [0.717, 1.165) is 25.7 Å². The lowest BCUT2D eigenvalue weighted by Crippen LogP contribution is -2.55. The van der Waals surface area contributed by atoms with Gasteiger partial charge in [-0.1, -0.05) is 46.0 Å². The molecule has 1 saturated heterocycles. The second kappa shape index (κ2) is 13.5. The molecule has 4 rings (SSSR count). The van der Waals surface area contributed by atoms with Gasteiger partial charge in [-0.15, -0.1) is 0 Å². The van der Waals surface area contributed by atoms with Crippen LogP contribution in [0.25, 0.3) is 0 Å². The largest absolute Gasteiger partial charge is 0.396 e. The van der Waals surface area contributed by atoms with Crippen LogP contribution in [0.2, 0.25) is 0 Å². The molecule has 4 fully saturated rings. The summed E-state index contributed by atoms with van der Waals surface area (Å²) in [6, 6.07) is -0.709. The van der Waals surface area contributed by atoms with Crippen LogP contribution < -0.4 is 11.1 Å². The minimum atomic E-state index is -4.26. The molecule has 3 saturated carbocycles. The first-order valence-corrected chi connectivity index (χ1v) is 15.7. The van der Waals surface area contributed by atoms with Crippen molar-refractivity contribution in [2.45, 2.75) is 128 Å². The third-order valence-electron chi connectivity index (χ3n) is 11.0. The number of nitrogens with two attached hydrogens (primary N) is 1. The standard InChI is InChI=1S/C30H54F3N3O2/c1-3-6-21-7-4-5-8-24(21)28(34)25-15-22(10-9-19(25)2)29(38)35-23-11-12-27(26(16-23)30(31,32)33)36-14-13-20(17-36)18-37/h19-29,35,37-38H,3-18,34H2,1-2H3. The normalized spacial score (nSPS) is 41.2. The number of hydrogen-bond donors (Lipinski definition) is 4. The molecule has 38 heavy (non-hydrogen) atoms. The van der Waals surface area contributed by atoms with Crippen molar-refractivity contribution in [3.8, 4) is 0 Å². The van der Waals surface area contributed by atoms with E-state index in [0.29, 0.717) is 49.6 Å². The van der Waals surface area contributed by atoms with Crippen molar-refractivity contribution < 1.29 is 23.4 Å².